The SMILES string of the molecule is CC(C)(C)c1ccc(-c2cc3n(c(=O)c2C#N)CCCS3)cn1. The first-order valence-electron chi connectivity index (χ1n) is 7.69. The van der Waals surface area contributed by atoms with E-state index in [0.29, 0.717) is 12.1 Å². The van der Waals surface area contributed by atoms with Gasteiger partial charge in [-0.05, 0) is 18.6 Å². The van der Waals surface area contributed by atoms with Gasteiger partial charge in [-0.25, -0.2) is 0 Å². The standard InChI is InChI=1S/C18H19N3OS/c1-18(2,3)15-6-5-12(11-20-15)13-9-16-21(7-4-8-23-16)17(22)14(13)10-19/h5-6,9,11H,4,7-8H2,1-3H3. The van der Waals surface area contributed by atoms with Crippen LogP contribution in [-0.4, -0.2) is 15.3 Å². The van der Waals surface area contributed by atoms with Gasteiger partial charge in [0, 0.05) is 40.7 Å². The van der Waals surface area contributed by atoms with Crippen LogP contribution in [0.15, 0.2) is 34.2 Å². The van der Waals surface area contributed by atoms with E-state index in [1.165, 1.54) is 0 Å². The van der Waals surface area contributed by atoms with E-state index in [9.17, 15) is 10.1 Å². The average molecular weight is 325 g/mol. The van der Waals surface area contributed by atoms with Gasteiger partial charge in [0.25, 0.3) is 5.56 Å². The molecule has 3 rings (SSSR count). The van der Waals surface area contributed by atoms with E-state index in [1.807, 2.05) is 18.2 Å². The molecule has 0 radical (unpaired) electrons. The Morgan fingerprint density at radius 1 is 1.35 bits per heavy atom. The molecule has 0 aliphatic carbocycles. The second-order valence-corrected chi connectivity index (χ2v) is 7.84. The van der Waals surface area contributed by atoms with Crippen LogP contribution in [0.25, 0.3) is 11.1 Å². The van der Waals surface area contributed by atoms with E-state index < -0.39 is 0 Å². The molecule has 0 bridgehead atoms. The van der Waals surface area contributed by atoms with Crippen molar-refractivity contribution in [2.75, 3.05) is 5.75 Å². The predicted molar refractivity (Wildman–Crippen MR) is 92.7 cm³/mol. The Hall–Kier alpha value is -2.06. The number of pyridine rings is 2. The highest BCUT2D eigenvalue weighted by Crippen LogP contribution is 2.30. The molecule has 0 spiro atoms. The van der Waals surface area contributed by atoms with Crippen LogP contribution in [0.1, 0.15) is 38.4 Å². The molecule has 1 aliphatic heterocycles. The molecule has 2 aromatic heterocycles. The van der Waals surface area contributed by atoms with Gasteiger partial charge in [0.05, 0.1) is 5.03 Å². The summed E-state index contributed by atoms with van der Waals surface area (Å²) in [6, 6.07) is 7.97. The maximum Gasteiger partial charge on any atom is 0.269 e. The molecule has 2 aromatic rings. The number of aromatic nitrogens is 2. The van der Waals surface area contributed by atoms with Crippen LogP contribution in [0.2, 0.25) is 0 Å². The largest absolute Gasteiger partial charge is 0.302 e. The molecule has 0 unspecified atom stereocenters. The zero-order valence-corrected chi connectivity index (χ0v) is 14.4. The summed E-state index contributed by atoms with van der Waals surface area (Å²) >= 11 is 1.67. The predicted octanol–water partition coefficient (Wildman–Crippen LogP) is 3.58. The van der Waals surface area contributed by atoms with Crippen LogP contribution in [-0.2, 0) is 12.0 Å². The summed E-state index contributed by atoms with van der Waals surface area (Å²) in [5, 5.41) is 10.4. The van der Waals surface area contributed by atoms with Crippen molar-refractivity contribution >= 4 is 11.8 Å². The minimum atomic E-state index is -0.188. The number of hydrogen-bond acceptors (Lipinski definition) is 4. The zero-order chi connectivity index (χ0) is 16.6. The van der Waals surface area contributed by atoms with Crippen molar-refractivity contribution in [2.24, 2.45) is 0 Å². The number of fused-ring (bicyclic) bond motifs is 1. The lowest BCUT2D eigenvalue weighted by Gasteiger charge is -2.20. The van der Waals surface area contributed by atoms with Crippen LogP contribution < -0.4 is 5.56 Å². The second kappa shape index (κ2) is 5.86. The van der Waals surface area contributed by atoms with Crippen molar-refractivity contribution in [1.29, 1.82) is 5.26 Å². The van der Waals surface area contributed by atoms with E-state index in [-0.39, 0.29) is 16.5 Å². The van der Waals surface area contributed by atoms with Crippen molar-refractivity contribution in [3.8, 4) is 17.2 Å². The number of nitriles is 1. The summed E-state index contributed by atoms with van der Waals surface area (Å²) in [6.07, 6.45) is 2.73. The van der Waals surface area contributed by atoms with E-state index in [4.69, 9.17) is 0 Å². The molecule has 4 nitrogen and oxygen atoms in total. The molecule has 0 fully saturated rings. The summed E-state index contributed by atoms with van der Waals surface area (Å²) in [5.74, 6) is 1.01. The van der Waals surface area contributed by atoms with Crippen LogP contribution in [0.4, 0.5) is 0 Å². The molecule has 0 atom stereocenters. The van der Waals surface area contributed by atoms with E-state index in [0.717, 1.165) is 28.5 Å². The molecule has 0 aromatic carbocycles. The third kappa shape index (κ3) is 2.91. The van der Waals surface area contributed by atoms with E-state index in [1.54, 1.807) is 22.5 Å². The molecule has 5 heteroatoms. The molecule has 3 heterocycles. The fraction of sp³-hybridized carbons (Fsp3) is 0.389. The molecule has 23 heavy (non-hydrogen) atoms. The lowest BCUT2D eigenvalue weighted by molar-refractivity contribution is 0.569. The first-order chi connectivity index (χ1) is 10.9. The molecule has 0 N–H and O–H groups in total. The zero-order valence-electron chi connectivity index (χ0n) is 13.6. The first kappa shape index (κ1) is 15.8. The van der Waals surface area contributed by atoms with Gasteiger partial charge in [-0.1, -0.05) is 26.8 Å². The quantitative estimate of drug-likeness (QED) is 0.804. The van der Waals surface area contributed by atoms with Gasteiger partial charge in [0.15, 0.2) is 0 Å². The normalized spacial score (nSPS) is 14.2. The van der Waals surface area contributed by atoms with Crippen molar-refractivity contribution in [2.45, 2.75) is 44.2 Å². The fourth-order valence-electron chi connectivity index (χ4n) is 2.69. The summed E-state index contributed by atoms with van der Waals surface area (Å²) in [4.78, 5) is 17.1. The van der Waals surface area contributed by atoms with Crippen LogP contribution >= 0.6 is 11.8 Å². The minimum Gasteiger partial charge on any atom is -0.302 e. The van der Waals surface area contributed by atoms with Crippen LogP contribution in [0, 0.1) is 11.3 Å². The molecule has 1 aliphatic rings. The number of hydrogen-bond donors (Lipinski definition) is 0. The van der Waals surface area contributed by atoms with Crippen molar-refractivity contribution in [3.63, 3.8) is 0 Å². The topological polar surface area (TPSA) is 58.7 Å². The summed E-state index contributed by atoms with van der Waals surface area (Å²) in [6.45, 7) is 7.02. The van der Waals surface area contributed by atoms with Crippen molar-refractivity contribution in [3.05, 3.63) is 46.0 Å². The minimum absolute atomic E-state index is 0.0260. The highest BCUT2D eigenvalue weighted by molar-refractivity contribution is 7.99. The maximum atomic E-state index is 12.6. The maximum absolute atomic E-state index is 12.6. The van der Waals surface area contributed by atoms with Crippen molar-refractivity contribution < 1.29 is 0 Å². The Balaban J connectivity index is 2.15. The summed E-state index contributed by atoms with van der Waals surface area (Å²) < 4.78 is 1.72. The molecule has 0 saturated carbocycles. The lowest BCUT2D eigenvalue weighted by Crippen LogP contribution is -2.27. The Morgan fingerprint density at radius 2 is 2.13 bits per heavy atom. The molecule has 0 amide bonds. The third-order valence-corrected chi connectivity index (χ3v) is 5.12. The summed E-state index contributed by atoms with van der Waals surface area (Å²) in [7, 11) is 0. The summed E-state index contributed by atoms with van der Waals surface area (Å²) in [5.41, 5.74) is 2.49. The lowest BCUT2D eigenvalue weighted by atomic mass is 9.91. The third-order valence-electron chi connectivity index (χ3n) is 3.99. The highest BCUT2D eigenvalue weighted by atomic mass is 32.2. The molecular formula is C18H19N3OS. The average Bonchev–Trinajstić information content (AvgIpc) is 2.54. The monoisotopic (exact) mass is 325 g/mol. The Kier molecular flexibility index (Phi) is 4.03. The van der Waals surface area contributed by atoms with Crippen LogP contribution in [0.3, 0.4) is 0 Å². The second-order valence-electron chi connectivity index (χ2n) is 6.72. The Labute approximate surface area is 140 Å². The van der Waals surface area contributed by atoms with Gasteiger partial charge in [-0.3, -0.25) is 9.78 Å². The van der Waals surface area contributed by atoms with Crippen molar-refractivity contribution in [1.82, 2.24) is 9.55 Å². The Morgan fingerprint density at radius 3 is 2.74 bits per heavy atom. The number of nitrogens with zero attached hydrogens (tertiary/aromatic N) is 3. The number of rotatable bonds is 1. The van der Waals surface area contributed by atoms with Gasteiger partial charge >= 0.3 is 0 Å². The van der Waals surface area contributed by atoms with Gasteiger partial charge in [0.1, 0.15) is 11.6 Å². The van der Waals surface area contributed by atoms with E-state index in [2.05, 4.69) is 31.8 Å². The fourth-order valence-corrected chi connectivity index (χ4v) is 3.70. The van der Waals surface area contributed by atoms with Crippen LogP contribution in [0.5, 0.6) is 0 Å². The Bertz CT molecular complexity index is 839. The number of thioether (sulfide) groups is 1. The van der Waals surface area contributed by atoms with E-state index >= 15 is 0 Å². The highest BCUT2D eigenvalue weighted by Gasteiger charge is 2.20. The van der Waals surface area contributed by atoms with Gasteiger partial charge < -0.3 is 4.57 Å². The van der Waals surface area contributed by atoms with Gasteiger partial charge in [-0.15, -0.1) is 11.8 Å². The smallest absolute Gasteiger partial charge is 0.269 e. The molecule has 0 saturated heterocycles. The van der Waals surface area contributed by atoms with Gasteiger partial charge in [-0.2, -0.15) is 5.26 Å². The van der Waals surface area contributed by atoms with Gasteiger partial charge in [0.2, 0.25) is 0 Å². The first-order valence-corrected chi connectivity index (χ1v) is 8.68. The molecule has 118 valence electrons. The molecular weight excluding hydrogens is 306 g/mol.